The van der Waals surface area contributed by atoms with Crippen LogP contribution in [0.1, 0.15) is 0 Å². The van der Waals surface area contributed by atoms with Crippen molar-refractivity contribution < 1.29 is 0 Å². The highest BCUT2D eigenvalue weighted by Crippen LogP contribution is 2.32. The lowest BCUT2D eigenvalue weighted by Gasteiger charge is -2.03. The molecule has 0 amide bonds. The van der Waals surface area contributed by atoms with Crippen molar-refractivity contribution in [3.8, 4) is 0 Å². The molecule has 1 aromatic rings. The number of thioether (sulfide) groups is 1. The number of para-hydroxylation sites is 1. The average molecular weight is 247 g/mol. The van der Waals surface area contributed by atoms with E-state index >= 15 is 0 Å². The number of amidine groups is 1. The van der Waals surface area contributed by atoms with E-state index < -0.39 is 0 Å². The molecular formula is C9H8Cl2N2S. The van der Waals surface area contributed by atoms with Crippen molar-refractivity contribution >= 4 is 45.8 Å². The fraction of sp³-hybridized carbons (Fsp3) is 0.222. The van der Waals surface area contributed by atoms with E-state index in [2.05, 4.69) is 10.3 Å². The standard InChI is InChI=1S/C9H8Cl2N2S/c10-7-8(11)14-9(13-7)12-6-4-2-1-3-5-6/h1-5,7-8H,(H,12,13)/t7-,8-/m0/s1. The van der Waals surface area contributed by atoms with Gasteiger partial charge in [-0.15, -0.1) is 11.6 Å². The molecule has 2 atom stereocenters. The third-order valence-electron chi connectivity index (χ3n) is 1.71. The smallest absolute Gasteiger partial charge is 0.164 e. The van der Waals surface area contributed by atoms with E-state index in [1.165, 1.54) is 11.8 Å². The van der Waals surface area contributed by atoms with Gasteiger partial charge >= 0.3 is 0 Å². The number of halogens is 2. The van der Waals surface area contributed by atoms with E-state index in [1.54, 1.807) is 0 Å². The molecule has 0 fully saturated rings. The van der Waals surface area contributed by atoms with Crippen LogP contribution in [-0.4, -0.2) is 15.4 Å². The van der Waals surface area contributed by atoms with Gasteiger partial charge in [-0.3, -0.25) is 0 Å². The minimum Gasteiger partial charge on any atom is -0.335 e. The number of anilines is 1. The van der Waals surface area contributed by atoms with Gasteiger partial charge in [-0.05, 0) is 12.1 Å². The van der Waals surface area contributed by atoms with Crippen molar-refractivity contribution in [1.82, 2.24) is 0 Å². The quantitative estimate of drug-likeness (QED) is 0.608. The van der Waals surface area contributed by atoms with Gasteiger partial charge in [0, 0.05) is 5.69 Å². The van der Waals surface area contributed by atoms with Gasteiger partial charge in [0.1, 0.15) is 4.71 Å². The number of nitrogens with zero attached hydrogens (tertiary/aromatic N) is 1. The van der Waals surface area contributed by atoms with Crippen LogP contribution in [0.3, 0.4) is 0 Å². The van der Waals surface area contributed by atoms with Gasteiger partial charge in [0.2, 0.25) is 0 Å². The summed E-state index contributed by atoms with van der Waals surface area (Å²) in [4.78, 5) is 4.17. The van der Waals surface area contributed by atoms with Crippen molar-refractivity contribution in [2.45, 2.75) is 10.2 Å². The Balaban J connectivity index is 2.03. The van der Waals surface area contributed by atoms with Crippen molar-refractivity contribution in [2.75, 3.05) is 5.32 Å². The van der Waals surface area contributed by atoms with Crippen LogP contribution in [0.5, 0.6) is 0 Å². The van der Waals surface area contributed by atoms with Gasteiger partial charge in [-0.1, -0.05) is 41.6 Å². The summed E-state index contributed by atoms with van der Waals surface area (Å²) in [5.74, 6) is 0. The maximum absolute atomic E-state index is 5.90. The average Bonchev–Trinajstić information content (AvgIpc) is 2.47. The Labute approximate surface area is 96.7 Å². The van der Waals surface area contributed by atoms with Crippen LogP contribution in [0.2, 0.25) is 0 Å². The summed E-state index contributed by atoms with van der Waals surface area (Å²) in [6.45, 7) is 0. The van der Waals surface area contributed by atoms with E-state index in [4.69, 9.17) is 23.2 Å². The predicted molar refractivity (Wildman–Crippen MR) is 64.4 cm³/mol. The van der Waals surface area contributed by atoms with Crippen molar-refractivity contribution in [3.05, 3.63) is 30.3 Å². The lowest BCUT2D eigenvalue weighted by Crippen LogP contribution is -2.04. The largest absolute Gasteiger partial charge is 0.335 e. The van der Waals surface area contributed by atoms with E-state index in [1.807, 2.05) is 30.3 Å². The first-order valence-electron chi connectivity index (χ1n) is 4.10. The Morgan fingerprint density at radius 1 is 1.21 bits per heavy atom. The minimum atomic E-state index is -0.340. The third-order valence-corrected chi connectivity index (χ3v) is 3.75. The molecule has 0 bridgehead atoms. The summed E-state index contributed by atoms with van der Waals surface area (Å²) >= 11 is 13.2. The Bertz CT molecular complexity index is 342. The molecule has 5 heteroatoms. The zero-order valence-corrected chi connectivity index (χ0v) is 9.48. The van der Waals surface area contributed by atoms with Gasteiger partial charge < -0.3 is 5.32 Å². The Morgan fingerprint density at radius 3 is 2.50 bits per heavy atom. The number of nitrogens with one attached hydrogen (secondary N) is 1. The fourth-order valence-electron chi connectivity index (χ4n) is 1.07. The zero-order valence-electron chi connectivity index (χ0n) is 7.15. The van der Waals surface area contributed by atoms with E-state index in [0.29, 0.717) is 0 Å². The topological polar surface area (TPSA) is 24.4 Å². The minimum absolute atomic E-state index is 0.178. The first kappa shape index (κ1) is 10.1. The molecule has 74 valence electrons. The van der Waals surface area contributed by atoms with Crippen molar-refractivity contribution in [3.63, 3.8) is 0 Å². The number of alkyl halides is 2. The first-order valence-corrected chi connectivity index (χ1v) is 5.85. The second-order valence-electron chi connectivity index (χ2n) is 2.77. The molecule has 1 heterocycles. The van der Waals surface area contributed by atoms with E-state index in [0.717, 1.165) is 10.9 Å². The van der Waals surface area contributed by atoms with Gasteiger partial charge in [-0.2, -0.15) is 0 Å². The highest BCUT2D eigenvalue weighted by molar-refractivity contribution is 8.16. The molecule has 1 aromatic carbocycles. The van der Waals surface area contributed by atoms with Crippen LogP contribution in [0.4, 0.5) is 5.69 Å². The van der Waals surface area contributed by atoms with Crippen LogP contribution in [0, 0.1) is 0 Å². The van der Waals surface area contributed by atoms with Crippen molar-refractivity contribution in [2.24, 2.45) is 4.99 Å². The highest BCUT2D eigenvalue weighted by atomic mass is 35.5. The number of aliphatic imine (C=N–C) groups is 1. The molecule has 0 unspecified atom stereocenters. The first-order chi connectivity index (χ1) is 6.75. The van der Waals surface area contributed by atoms with Crippen LogP contribution >= 0.6 is 35.0 Å². The van der Waals surface area contributed by atoms with E-state index in [9.17, 15) is 0 Å². The molecule has 0 spiro atoms. The zero-order chi connectivity index (χ0) is 9.97. The number of hydrogen-bond acceptors (Lipinski definition) is 3. The molecule has 1 aliphatic heterocycles. The summed E-state index contributed by atoms with van der Waals surface area (Å²) in [5, 5.41) is 3.92. The number of hydrogen-bond donors (Lipinski definition) is 1. The number of rotatable bonds is 1. The summed E-state index contributed by atoms with van der Waals surface area (Å²) in [6.07, 6.45) is 0. The molecule has 0 saturated carbocycles. The molecule has 1 N–H and O–H groups in total. The van der Waals surface area contributed by atoms with Crippen LogP contribution in [-0.2, 0) is 0 Å². The Kier molecular flexibility index (Phi) is 3.21. The summed E-state index contributed by atoms with van der Waals surface area (Å²) in [5.41, 5.74) is 0.654. The molecule has 2 rings (SSSR count). The highest BCUT2D eigenvalue weighted by Gasteiger charge is 2.26. The lowest BCUT2D eigenvalue weighted by molar-refractivity contribution is 1.02. The monoisotopic (exact) mass is 246 g/mol. The molecule has 1 aliphatic rings. The number of benzene rings is 1. The summed E-state index contributed by atoms with van der Waals surface area (Å²) < 4.78 is -0.178. The maximum Gasteiger partial charge on any atom is 0.164 e. The van der Waals surface area contributed by atoms with Crippen LogP contribution in [0.25, 0.3) is 0 Å². The lowest BCUT2D eigenvalue weighted by atomic mass is 10.3. The molecule has 0 radical (unpaired) electrons. The molecule has 2 nitrogen and oxygen atoms in total. The Hall–Kier alpha value is -0.380. The normalized spacial score (nSPS) is 26.0. The SMILES string of the molecule is Cl[C@H]1N=C(Nc2ccccc2)S[C@@H]1Cl. The van der Waals surface area contributed by atoms with E-state index in [-0.39, 0.29) is 10.2 Å². The molecule has 0 aromatic heterocycles. The molecule has 0 saturated heterocycles. The van der Waals surface area contributed by atoms with Crippen molar-refractivity contribution in [1.29, 1.82) is 0 Å². The van der Waals surface area contributed by atoms with Gasteiger partial charge in [-0.25, -0.2) is 4.99 Å². The van der Waals surface area contributed by atoms with Gasteiger partial charge in [0.25, 0.3) is 0 Å². The maximum atomic E-state index is 5.90. The van der Waals surface area contributed by atoms with Gasteiger partial charge in [0.05, 0.1) is 0 Å². The summed E-state index contributed by atoms with van der Waals surface area (Å²) in [7, 11) is 0. The molecule has 0 aliphatic carbocycles. The third kappa shape index (κ3) is 2.35. The predicted octanol–water partition coefficient (Wildman–Crippen LogP) is 3.33. The summed E-state index contributed by atoms with van der Waals surface area (Å²) in [6, 6.07) is 9.81. The Morgan fingerprint density at radius 2 is 1.93 bits per heavy atom. The van der Waals surface area contributed by atoms with Crippen LogP contribution in [0.15, 0.2) is 35.3 Å². The molecular weight excluding hydrogens is 239 g/mol. The second kappa shape index (κ2) is 4.43. The second-order valence-corrected chi connectivity index (χ2v) is 5.07. The van der Waals surface area contributed by atoms with Gasteiger partial charge in [0.15, 0.2) is 10.7 Å². The fourth-order valence-corrected chi connectivity index (χ4v) is 2.43. The molecule has 14 heavy (non-hydrogen) atoms. The van der Waals surface area contributed by atoms with Crippen LogP contribution < -0.4 is 5.32 Å².